The number of methoxy groups -OCH3 is 1. The summed E-state index contributed by atoms with van der Waals surface area (Å²) in [6.45, 7) is 0.330. The van der Waals surface area contributed by atoms with E-state index >= 15 is 0 Å². The Morgan fingerprint density at radius 1 is 0.952 bits per heavy atom. The first-order valence-corrected chi connectivity index (χ1v) is 6.17. The summed E-state index contributed by atoms with van der Waals surface area (Å²) in [5, 5.41) is 2.39. The van der Waals surface area contributed by atoms with Crippen molar-refractivity contribution in [2.75, 3.05) is 12.4 Å². The minimum absolute atomic E-state index is 0.0102. The summed E-state index contributed by atoms with van der Waals surface area (Å²) in [7, 11) is 1.52. The van der Waals surface area contributed by atoms with E-state index in [1.165, 1.54) is 7.11 Å². The zero-order chi connectivity index (χ0) is 15.4. The molecule has 0 aliphatic heterocycles. The van der Waals surface area contributed by atoms with Crippen LogP contribution >= 0.6 is 0 Å². The van der Waals surface area contributed by atoms with E-state index in [9.17, 15) is 17.6 Å². The van der Waals surface area contributed by atoms with Crippen molar-refractivity contribution in [2.24, 2.45) is 0 Å². The molecular weight excluding hydrogens is 286 g/mol. The van der Waals surface area contributed by atoms with Crippen LogP contribution < -0.4 is 5.32 Å². The molecule has 112 valence electrons. The summed E-state index contributed by atoms with van der Waals surface area (Å²) in [4.78, 5) is 0. The molecule has 0 saturated carbocycles. The van der Waals surface area contributed by atoms with Crippen LogP contribution in [0.1, 0.15) is 11.1 Å². The highest BCUT2D eigenvalue weighted by atomic mass is 19.2. The topological polar surface area (TPSA) is 21.3 Å². The third-order valence-corrected chi connectivity index (χ3v) is 2.99. The second-order valence-electron chi connectivity index (χ2n) is 4.40. The van der Waals surface area contributed by atoms with E-state index in [1.54, 1.807) is 24.3 Å². The maximum atomic E-state index is 13.5. The zero-order valence-electron chi connectivity index (χ0n) is 11.2. The SMILES string of the molecule is COCc1ccccc1CNc1c(F)c(F)cc(F)c1F. The first-order chi connectivity index (χ1) is 10.0. The highest BCUT2D eigenvalue weighted by molar-refractivity contribution is 5.48. The Morgan fingerprint density at radius 2 is 1.52 bits per heavy atom. The average molecular weight is 299 g/mol. The molecule has 2 nitrogen and oxygen atoms in total. The number of halogens is 4. The largest absolute Gasteiger partial charge is 0.380 e. The van der Waals surface area contributed by atoms with Crippen LogP contribution in [0.2, 0.25) is 0 Å². The molecule has 0 heterocycles. The lowest BCUT2D eigenvalue weighted by molar-refractivity contribution is 0.184. The maximum Gasteiger partial charge on any atom is 0.185 e. The summed E-state index contributed by atoms with van der Waals surface area (Å²) < 4.78 is 58.3. The van der Waals surface area contributed by atoms with Gasteiger partial charge in [-0.25, -0.2) is 17.6 Å². The summed E-state index contributed by atoms with van der Waals surface area (Å²) in [6.07, 6.45) is 0. The maximum absolute atomic E-state index is 13.5. The fourth-order valence-corrected chi connectivity index (χ4v) is 1.94. The van der Waals surface area contributed by atoms with Crippen molar-refractivity contribution in [1.29, 1.82) is 0 Å². The summed E-state index contributed by atoms with van der Waals surface area (Å²) in [5.41, 5.74) is 0.702. The number of hydrogen-bond donors (Lipinski definition) is 1. The molecule has 0 atom stereocenters. The van der Waals surface area contributed by atoms with Gasteiger partial charge in [0.1, 0.15) is 5.69 Å². The minimum Gasteiger partial charge on any atom is -0.380 e. The minimum atomic E-state index is -1.45. The second kappa shape index (κ2) is 6.58. The second-order valence-corrected chi connectivity index (χ2v) is 4.40. The Morgan fingerprint density at radius 3 is 2.10 bits per heavy atom. The highest BCUT2D eigenvalue weighted by Crippen LogP contribution is 2.25. The smallest absolute Gasteiger partial charge is 0.185 e. The highest BCUT2D eigenvalue weighted by Gasteiger charge is 2.19. The van der Waals surface area contributed by atoms with Gasteiger partial charge in [-0.1, -0.05) is 24.3 Å². The number of nitrogens with one attached hydrogen (secondary N) is 1. The lowest BCUT2D eigenvalue weighted by atomic mass is 10.1. The molecule has 0 saturated heterocycles. The number of ether oxygens (including phenoxy) is 1. The van der Waals surface area contributed by atoms with Crippen molar-refractivity contribution in [1.82, 2.24) is 0 Å². The van der Waals surface area contributed by atoms with Gasteiger partial charge >= 0.3 is 0 Å². The van der Waals surface area contributed by atoms with Crippen LogP contribution in [0.5, 0.6) is 0 Å². The molecule has 0 amide bonds. The van der Waals surface area contributed by atoms with E-state index in [0.717, 1.165) is 5.56 Å². The van der Waals surface area contributed by atoms with Gasteiger partial charge < -0.3 is 10.1 Å². The van der Waals surface area contributed by atoms with Crippen LogP contribution in [-0.2, 0) is 17.9 Å². The van der Waals surface area contributed by atoms with Gasteiger partial charge in [-0.05, 0) is 11.1 Å². The molecule has 0 aliphatic rings. The van der Waals surface area contributed by atoms with Gasteiger partial charge in [-0.3, -0.25) is 0 Å². The predicted octanol–water partition coefficient (Wildman–Crippen LogP) is 4.00. The number of hydrogen-bond acceptors (Lipinski definition) is 2. The molecule has 2 rings (SSSR count). The molecule has 0 spiro atoms. The van der Waals surface area contributed by atoms with E-state index in [1.807, 2.05) is 0 Å². The van der Waals surface area contributed by atoms with Crippen molar-refractivity contribution >= 4 is 5.69 Å². The van der Waals surface area contributed by atoms with Crippen molar-refractivity contribution in [3.05, 3.63) is 64.7 Å². The normalized spacial score (nSPS) is 10.7. The third-order valence-electron chi connectivity index (χ3n) is 2.99. The van der Waals surface area contributed by atoms with Crippen molar-refractivity contribution in [3.63, 3.8) is 0 Å². The van der Waals surface area contributed by atoms with Crippen LogP contribution in [0.3, 0.4) is 0 Å². The van der Waals surface area contributed by atoms with Gasteiger partial charge in [-0.2, -0.15) is 0 Å². The Kier molecular flexibility index (Phi) is 4.80. The molecule has 0 fully saturated rings. The first kappa shape index (κ1) is 15.3. The zero-order valence-corrected chi connectivity index (χ0v) is 11.2. The van der Waals surface area contributed by atoms with E-state index in [-0.39, 0.29) is 12.6 Å². The van der Waals surface area contributed by atoms with Crippen molar-refractivity contribution in [2.45, 2.75) is 13.2 Å². The van der Waals surface area contributed by atoms with Gasteiger partial charge in [0.05, 0.1) is 6.61 Å². The summed E-state index contributed by atoms with van der Waals surface area (Å²) in [5.74, 6) is -5.78. The number of rotatable bonds is 5. The standard InChI is InChI=1S/C15H13F4NO/c1-21-8-10-5-3-2-4-9(10)7-20-15-13(18)11(16)6-12(17)14(15)19/h2-6,20H,7-8H2,1H3. The predicted molar refractivity (Wildman–Crippen MR) is 70.8 cm³/mol. The fraction of sp³-hybridized carbons (Fsp3) is 0.200. The van der Waals surface area contributed by atoms with Gasteiger partial charge in [0.2, 0.25) is 0 Å². The van der Waals surface area contributed by atoms with Crippen LogP contribution in [0.25, 0.3) is 0 Å². The van der Waals surface area contributed by atoms with Crippen LogP contribution in [0.15, 0.2) is 30.3 Å². The quantitative estimate of drug-likeness (QED) is 0.665. The van der Waals surface area contributed by atoms with Gasteiger partial charge in [-0.15, -0.1) is 0 Å². The van der Waals surface area contributed by atoms with E-state index in [0.29, 0.717) is 12.2 Å². The average Bonchev–Trinajstić information content (AvgIpc) is 2.47. The van der Waals surface area contributed by atoms with Gasteiger partial charge in [0.15, 0.2) is 23.3 Å². The number of benzene rings is 2. The lowest BCUT2D eigenvalue weighted by Crippen LogP contribution is -2.09. The van der Waals surface area contributed by atoms with Gasteiger partial charge in [0, 0.05) is 19.7 Å². The Hall–Kier alpha value is -2.08. The molecule has 0 aromatic heterocycles. The van der Waals surface area contributed by atoms with Gasteiger partial charge in [0.25, 0.3) is 0 Å². The molecule has 2 aromatic carbocycles. The van der Waals surface area contributed by atoms with Crippen LogP contribution in [-0.4, -0.2) is 7.11 Å². The molecule has 6 heteroatoms. The van der Waals surface area contributed by atoms with E-state index < -0.39 is 29.0 Å². The summed E-state index contributed by atoms with van der Waals surface area (Å²) >= 11 is 0. The van der Waals surface area contributed by atoms with E-state index in [4.69, 9.17) is 4.74 Å². The first-order valence-electron chi connectivity index (χ1n) is 6.17. The van der Waals surface area contributed by atoms with Crippen LogP contribution in [0, 0.1) is 23.3 Å². The Bertz CT molecular complexity index is 620. The number of anilines is 1. The third kappa shape index (κ3) is 3.33. The molecule has 0 aliphatic carbocycles. The molecule has 2 aromatic rings. The monoisotopic (exact) mass is 299 g/mol. The summed E-state index contributed by atoms with van der Waals surface area (Å²) in [6, 6.07) is 7.23. The molecule has 21 heavy (non-hydrogen) atoms. The molecule has 0 unspecified atom stereocenters. The molecular formula is C15H13F4NO. The Labute approximate surface area is 119 Å². The molecule has 0 radical (unpaired) electrons. The van der Waals surface area contributed by atoms with Crippen molar-refractivity contribution in [3.8, 4) is 0 Å². The molecule has 0 bridgehead atoms. The van der Waals surface area contributed by atoms with Crippen LogP contribution in [0.4, 0.5) is 23.2 Å². The molecule has 1 N–H and O–H groups in total. The van der Waals surface area contributed by atoms with E-state index in [2.05, 4.69) is 5.32 Å². The lowest BCUT2D eigenvalue weighted by Gasteiger charge is -2.12. The van der Waals surface area contributed by atoms with Crippen molar-refractivity contribution < 1.29 is 22.3 Å². The fourth-order valence-electron chi connectivity index (χ4n) is 1.94. The Balaban J connectivity index is 2.25.